The van der Waals surface area contributed by atoms with Gasteiger partial charge in [-0.1, -0.05) is 36.4 Å². The highest BCUT2D eigenvalue weighted by Gasteiger charge is 2.17. The molecule has 27 heavy (non-hydrogen) atoms. The number of methoxy groups -OCH3 is 2. The number of para-hydroxylation sites is 2. The molecule has 3 aromatic carbocycles. The molecule has 0 unspecified atom stereocenters. The van der Waals surface area contributed by atoms with Crippen molar-refractivity contribution in [2.24, 2.45) is 0 Å². The molecule has 0 atom stereocenters. The van der Waals surface area contributed by atoms with Gasteiger partial charge >= 0.3 is 5.97 Å². The van der Waals surface area contributed by atoms with Gasteiger partial charge in [0, 0.05) is 0 Å². The predicted molar refractivity (Wildman–Crippen MR) is 102 cm³/mol. The molecule has 0 heterocycles. The van der Waals surface area contributed by atoms with E-state index in [1.54, 1.807) is 36.4 Å². The Morgan fingerprint density at radius 1 is 0.852 bits per heavy atom. The van der Waals surface area contributed by atoms with Gasteiger partial charge in [0.1, 0.15) is 17.1 Å². The van der Waals surface area contributed by atoms with Gasteiger partial charge in [0.15, 0.2) is 6.61 Å². The summed E-state index contributed by atoms with van der Waals surface area (Å²) in [5, 5.41) is 4.48. The number of esters is 1. The number of anilines is 1. The summed E-state index contributed by atoms with van der Waals surface area (Å²) in [5.74, 6) is -0.183. The first-order chi connectivity index (χ1) is 13.1. The normalized spacial score (nSPS) is 10.3. The van der Waals surface area contributed by atoms with Crippen molar-refractivity contribution in [3.05, 3.63) is 66.2 Å². The van der Waals surface area contributed by atoms with Crippen molar-refractivity contribution in [2.45, 2.75) is 0 Å². The molecule has 0 saturated carbocycles. The zero-order valence-corrected chi connectivity index (χ0v) is 15.0. The Hall–Kier alpha value is -3.54. The zero-order chi connectivity index (χ0) is 19.2. The number of hydrogen-bond acceptors (Lipinski definition) is 5. The van der Waals surface area contributed by atoms with Crippen LogP contribution in [0.15, 0.2) is 60.7 Å². The predicted octanol–water partition coefficient (Wildman–Crippen LogP) is 3.65. The summed E-state index contributed by atoms with van der Waals surface area (Å²) in [7, 11) is 2.99. The summed E-state index contributed by atoms with van der Waals surface area (Å²) in [5.41, 5.74) is 0.769. The van der Waals surface area contributed by atoms with Crippen LogP contribution in [0.2, 0.25) is 0 Å². The minimum absolute atomic E-state index is 0.265. The molecular weight excluding hydrogens is 346 g/mol. The van der Waals surface area contributed by atoms with Crippen molar-refractivity contribution in [3.63, 3.8) is 0 Å². The molecule has 0 aliphatic heterocycles. The van der Waals surface area contributed by atoms with Crippen LogP contribution in [-0.4, -0.2) is 32.7 Å². The lowest BCUT2D eigenvalue weighted by molar-refractivity contribution is -0.119. The summed E-state index contributed by atoms with van der Waals surface area (Å²) >= 11 is 0. The van der Waals surface area contributed by atoms with Crippen LogP contribution in [0.1, 0.15) is 10.4 Å². The molecule has 0 aliphatic carbocycles. The number of amides is 1. The van der Waals surface area contributed by atoms with Crippen LogP contribution < -0.4 is 14.8 Å². The van der Waals surface area contributed by atoms with Gasteiger partial charge in [0.25, 0.3) is 5.91 Å². The largest absolute Gasteiger partial charge is 0.496 e. The van der Waals surface area contributed by atoms with Crippen molar-refractivity contribution in [3.8, 4) is 11.5 Å². The molecule has 1 N–H and O–H groups in total. The van der Waals surface area contributed by atoms with E-state index in [1.165, 1.54) is 14.2 Å². The minimum atomic E-state index is -0.632. The molecule has 6 nitrogen and oxygen atoms in total. The van der Waals surface area contributed by atoms with Crippen molar-refractivity contribution in [2.75, 3.05) is 26.1 Å². The summed E-state index contributed by atoms with van der Waals surface area (Å²) < 4.78 is 15.6. The van der Waals surface area contributed by atoms with E-state index in [4.69, 9.17) is 14.2 Å². The maximum Gasteiger partial charge on any atom is 0.342 e. The van der Waals surface area contributed by atoms with E-state index in [9.17, 15) is 9.59 Å². The SMILES string of the molecule is COc1ccccc1NC(=O)COC(=O)c1cc2ccccc2cc1OC. The van der Waals surface area contributed by atoms with Gasteiger partial charge in [-0.25, -0.2) is 4.79 Å². The van der Waals surface area contributed by atoms with Crippen LogP contribution in [0, 0.1) is 0 Å². The van der Waals surface area contributed by atoms with E-state index in [2.05, 4.69) is 5.32 Å². The third-order valence-electron chi connectivity index (χ3n) is 4.00. The number of fused-ring (bicyclic) bond motifs is 1. The molecule has 0 saturated heterocycles. The summed E-state index contributed by atoms with van der Waals surface area (Å²) in [4.78, 5) is 24.5. The maximum absolute atomic E-state index is 12.4. The molecule has 1 amide bonds. The summed E-state index contributed by atoms with van der Waals surface area (Å²) in [6.45, 7) is -0.424. The Labute approximate surface area is 156 Å². The van der Waals surface area contributed by atoms with Gasteiger partial charge in [-0.05, 0) is 35.0 Å². The number of hydrogen-bond donors (Lipinski definition) is 1. The van der Waals surface area contributed by atoms with Crippen LogP contribution in [-0.2, 0) is 9.53 Å². The molecule has 0 spiro atoms. The van der Waals surface area contributed by atoms with E-state index in [0.717, 1.165) is 10.8 Å². The van der Waals surface area contributed by atoms with Crippen LogP contribution in [0.25, 0.3) is 10.8 Å². The van der Waals surface area contributed by atoms with Gasteiger partial charge in [-0.15, -0.1) is 0 Å². The first-order valence-corrected chi connectivity index (χ1v) is 8.29. The van der Waals surface area contributed by atoms with Crippen LogP contribution in [0.5, 0.6) is 11.5 Å². The van der Waals surface area contributed by atoms with Crippen LogP contribution in [0.4, 0.5) is 5.69 Å². The molecular formula is C21H19NO5. The summed E-state index contributed by atoms with van der Waals surface area (Å²) in [6.07, 6.45) is 0. The average Bonchev–Trinajstić information content (AvgIpc) is 2.71. The van der Waals surface area contributed by atoms with Crippen molar-refractivity contribution >= 4 is 28.3 Å². The fourth-order valence-corrected chi connectivity index (χ4v) is 2.69. The number of carbonyl (C=O) groups is 2. The van der Waals surface area contributed by atoms with Gasteiger partial charge in [-0.2, -0.15) is 0 Å². The highest BCUT2D eigenvalue weighted by Crippen LogP contribution is 2.27. The molecule has 6 heteroatoms. The quantitative estimate of drug-likeness (QED) is 0.675. The van der Waals surface area contributed by atoms with Gasteiger partial charge in [0.05, 0.1) is 19.9 Å². The monoisotopic (exact) mass is 365 g/mol. The maximum atomic E-state index is 12.4. The number of nitrogens with one attached hydrogen (secondary N) is 1. The van der Waals surface area contributed by atoms with Gasteiger partial charge < -0.3 is 19.5 Å². The average molecular weight is 365 g/mol. The van der Waals surface area contributed by atoms with Gasteiger partial charge in [-0.3, -0.25) is 4.79 Å². The van der Waals surface area contributed by atoms with E-state index in [-0.39, 0.29) is 5.56 Å². The summed E-state index contributed by atoms with van der Waals surface area (Å²) in [6, 6.07) is 18.0. The second-order valence-corrected chi connectivity index (χ2v) is 5.72. The molecule has 138 valence electrons. The topological polar surface area (TPSA) is 73.9 Å². The number of rotatable bonds is 6. The Morgan fingerprint density at radius 3 is 2.19 bits per heavy atom. The van der Waals surface area contributed by atoms with Crippen molar-refractivity contribution in [1.29, 1.82) is 0 Å². The smallest absolute Gasteiger partial charge is 0.342 e. The molecule has 3 rings (SSSR count). The second kappa shape index (κ2) is 8.23. The van der Waals surface area contributed by atoms with Gasteiger partial charge in [0.2, 0.25) is 0 Å². The molecule has 0 bridgehead atoms. The lowest BCUT2D eigenvalue weighted by Crippen LogP contribution is -2.21. The zero-order valence-electron chi connectivity index (χ0n) is 15.0. The van der Waals surface area contributed by atoms with Crippen molar-refractivity contribution in [1.82, 2.24) is 0 Å². The third kappa shape index (κ3) is 4.17. The van der Waals surface area contributed by atoms with E-state index >= 15 is 0 Å². The number of ether oxygens (including phenoxy) is 3. The lowest BCUT2D eigenvalue weighted by Gasteiger charge is -2.12. The first-order valence-electron chi connectivity index (χ1n) is 8.29. The highest BCUT2D eigenvalue weighted by atomic mass is 16.5. The number of benzene rings is 3. The first kappa shape index (κ1) is 18.3. The molecule has 0 radical (unpaired) electrons. The Balaban J connectivity index is 1.70. The Kier molecular flexibility index (Phi) is 5.56. The Bertz CT molecular complexity index is 983. The van der Waals surface area contributed by atoms with Crippen molar-refractivity contribution < 1.29 is 23.8 Å². The second-order valence-electron chi connectivity index (χ2n) is 5.72. The Morgan fingerprint density at radius 2 is 1.48 bits per heavy atom. The fraction of sp³-hybridized carbons (Fsp3) is 0.143. The molecule has 0 aliphatic rings. The highest BCUT2D eigenvalue weighted by molar-refractivity contribution is 6.00. The molecule has 0 fully saturated rings. The van der Waals surface area contributed by atoms with Crippen LogP contribution in [0.3, 0.4) is 0 Å². The van der Waals surface area contributed by atoms with E-state index < -0.39 is 18.5 Å². The minimum Gasteiger partial charge on any atom is -0.496 e. The third-order valence-corrected chi connectivity index (χ3v) is 4.00. The molecule has 0 aromatic heterocycles. The fourth-order valence-electron chi connectivity index (χ4n) is 2.69. The number of carbonyl (C=O) groups excluding carboxylic acids is 2. The van der Waals surface area contributed by atoms with Crippen LogP contribution >= 0.6 is 0 Å². The molecule has 3 aromatic rings. The van der Waals surface area contributed by atoms with E-state index in [0.29, 0.717) is 17.2 Å². The standard InChI is InChI=1S/C21H19NO5/c1-25-18-10-6-5-9-17(18)22-20(23)13-27-21(24)16-11-14-7-3-4-8-15(14)12-19(16)26-2/h3-12H,13H2,1-2H3,(H,22,23). The van der Waals surface area contributed by atoms with E-state index in [1.807, 2.05) is 24.3 Å². The lowest BCUT2D eigenvalue weighted by atomic mass is 10.1.